The minimum Gasteiger partial charge on any atom is -0.462 e. The molecule has 0 rings (SSSR count). The topological polar surface area (TPSA) is 108 Å². The van der Waals surface area contributed by atoms with Crippen LogP contribution in [0, 0.1) is 0 Å². The normalized spacial score (nSPS) is 14.1. The van der Waals surface area contributed by atoms with Crippen LogP contribution in [0.15, 0.2) is 0 Å². The highest BCUT2D eigenvalue weighted by Gasteiger charge is 2.27. The zero-order chi connectivity index (χ0) is 29.4. The van der Waals surface area contributed by atoms with Gasteiger partial charge in [0.25, 0.3) is 0 Å². The Morgan fingerprint density at radius 1 is 0.692 bits per heavy atom. The summed E-state index contributed by atoms with van der Waals surface area (Å²) in [5.41, 5.74) is 0. The van der Waals surface area contributed by atoms with Gasteiger partial charge in [-0.25, -0.2) is 4.57 Å². The molecule has 0 spiro atoms. The molecular formula is C29H59NO8P+. The molecule has 2 atom stereocenters. The largest absolute Gasteiger partial charge is 0.472 e. The van der Waals surface area contributed by atoms with E-state index in [4.69, 9.17) is 18.5 Å². The van der Waals surface area contributed by atoms with Crippen LogP contribution in [-0.4, -0.2) is 74.9 Å². The van der Waals surface area contributed by atoms with Gasteiger partial charge in [-0.3, -0.25) is 18.6 Å². The van der Waals surface area contributed by atoms with Crippen molar-refractivity contribution in [1.29, 1.82) is 0 Å². The van der Waals surface area contributed by atoms with Gasteiger partial charge < -0.3 is 18.9 Å². The van der Waals surface area contributed by atoms with Gasteiger partial charge in [-0.2, -0.15) is 0 Å². The van der Waals surface area contributed by atoms with Gasteiger partial charge >= 0.3 is 19.8 Å². The lowest BCUT2D eigenvalue weighted by Gasteiger charge is -2.24. The fourth-order valence-electron chi connectivity index (χ4n) is 3.89. The monoisotopic (exact) mass is 580 g/mol. The van der Waals surface area contributed by atoms with Gasteiger partial charge in [0, 0.05) is 12.8 Å². The Kier molecular flexibility index (Phi) is 23.1. The summed E-state index contributed by atoms with van der Waals surface area (Å²) in [6, 6.07) is 0. The second kappa shape index (κ2) is 23.7. The fraction of sp³-hybridized carbons (Fsp3) is 0.931. The molecule has 9 nitrogen and oxygen atoms in total. The van der Waals surface area contributed by atoms with E-state index < -0.39 is 26.5 Å². The molecule has 39 heavy (non-hydrogen) atoms. The number of likely N-dealkylation sites (N-methyl/N-ethyl adjacent to an activating group) is 1. The molecule has 10 heteroatoms. The van der Waals surface area contributed by atoms with Crippen LogP contribution in [0.1, 0.15) is 123 Å². The van der Waals surface area contributed by atoms with Crippen molar-refractivity contribution in [1.82, 2.24) is 0 Å². The van der Waals surface area contributed by atoms with Gasteiger partial charge in [-0.1, -0.05) is 97.3 Å². The van der Waals surface area contributed by atoms with Crippen molar-refractivity contribution in [2.24, 2.45) is 0 Å². The molecule has 1 unspecified atom stereocenters. The van der Waals surface area contributed by atoms with Crippen molar-refractivity contribution in [2.45, 2.75) is 129 Å². The number of hydrogen-bond acceptors (Lipinski definition) is 7. The van der Waals surface area contributed by atoms with E-state index in [1.165, 1.54) is 51.4 Å². The average Bonchev–Trinajstić information content (AvgIpc) is 2.86. The van der Waals surface area contributed by atoms with E-state index in [2.05, 4.69) is 13.8 Å². The third-order valence-electron chi connectivity index (χ3n) is 6.39. The van der Waals surface area contributed by atoms with Crippen LogP contribution >= 0.6 is 7.82 Å². The first kappa shape index (κ1) is 38.0. The molecule has 0 radical (unpaired) electrons. The van der Waals surface area contributed by atoms with E-state index in [0.717, 1.165) is 38.5 Å². The molecule has 0 aliphatic heterocycles. The van der Waals surface area contributed by atoms with Crippen LogP contribution in [0.2, 0.25) is 0 Å². The van der Waals surface area contributed by atoms with Gasteiger partial charge in [0.05, 0.1) is 27.7 Å². The SMILES string of the molecule is CCCCCCCCCCCCCC(=O)OC[C@H](COP(=O)(O)OCC[N+](C)(C)C)OC(=O)CCCCCC. The third kappa shape index (κ3) is 27.0. The van der Waals surface area contributed by atoms with Gasteiger partial charge in [0.1, 0.15) is 19.8 Å². The summed E-state index contributed by atoms with van der Waals surface area (Å²) in [7, 11) is 1.48. The van der Waals surface area contributed by atoms with Crippen LogP contribution in [0.3, 0.4) is 0 Å². The lowest BCUT2D eigenvalue weighted by Crippen LogP contribution is -2.37. The molecule has 0 aromatic heterocycles. The molecule has 1 N–H and O–H groups in total. The highest BCUT2D eigenvalue weighted by atomic mass is 31.2. The lowest BCUT2D eigenvalue weighted by atomic mass is 10.1. The summed E-state index contributed by atoms with van der Waals surface area (Å²) in [6.45, 7) is 4.25. The van der Waals surface area contributed by atoms with Crippen LogP contribution in [0.25, 0.3) is 0 Å². The molecule has 0 aliphatic carbocycles. The first-order valence-electron chi connectivity index (χ1n) is 15.3. The Morgan fingerprint density at radius 2 is 1.15 bits per heavy atom. The number of phosphoric ester groups is 1. The summed E-state index contributed by atoms with van der Waals surface area (Å²) in [4.78, 5) is 34.5. The minimum absolute atomic E-state index is 0.0348. The number of hydrogen-bond donors (Lipinski definition) is 1. The highest BCUT2D eigenvalue weighted by Crippen LogP contribution is 2.43. The molecule has 0 bridgehead atoms. The van der Waals surface area contributed by atoms with Crippen molar-refractivity contribution in [2.75, 3.05) is 47.5 Å². The zero-order valence-electron chi connectivity index (χ0n) is 25.6. The van der Waals surface area contributed by atoms with E-state index in [1.54, 1.807) is 0 Å². The maximum Gasteiger partial charge on any atom is 0.472 e. The minimum atomic E-state index is -4.34. The second-order valence-electron chi connectivity index (χ2n) is 11.5. The first-order chi connectivity index (χ1) is 18.5. The van der Waals surface area contributed by atoms with Gasteiger partial charge in [-0.15, -0.1) is 0 Å². The van der Waals surface area contributed by atoms with Gasteiger partial charge in [0.2, 0.25) is 0 Å². The van der Waals surface area contributed by atoms with Crippen molar-refractivity contribution < 1.29 is 42.1 Å². The first-order valence-corrected chi connectivity index (χ1v) is 16.8. The Morgan fingerprint density at radius 3 is 1.67 bits per heavy atom. The third-order valence-corrected chi connectivity index (χ3v) is 7.37. The summed E-state index contributed by atoms with van der Waals surface area (Å²) < 4.78 is 33.6. The van der Waals surface area contributed by atoms with E-state index in [-0.39, 0.29) is 25.6 Å². The molecule has 0 aromatic carbocycles. The predicted octanol–water partition coefficient (Wildman–Crippen LogP) is 6.95. The van der Waals surface area contributed by atoms with E-state index in [0.29, 0.717) is 23.9 Å². The Bertz CT molecular complexity index is 668. The molecule has 0 aliphatic rings. The van der Waals surface area contributed by atoms with Crippen molar-refractivity contribution in [3.05, 3.63) is 0 Å². The maximum atomic E-state index is 12.3. The van der Waals surface area contributed by atoms with Crippen molar-refractivity contribution in [3.8, 4) is 0 Å². The number of esters is 2. The summed E-state index contributed by atoms with van der Waals surface area (Å²) in [5, 5.41) is 0. The zero-order valence-corrected chi connectivity index (χ0v) is 26.5. The smallest absolute Gasteiger partial charge is 0.462 e. The number of nitrogens with zero attached hydrogens (tertiary/aromatic N) is 1. The maximum absolute atomic E-state index is 12.3. The number of carbonyl (C=O) groups is 2. The van der Waals surface area contributed by atoms with Crippen LogP contribution in [0.5, 0.6) is 0 Å². The van der Waals surface area contributed by atoms with E-state index >= 15 is 0 Å². The van der Waals surface area contributed by atoms with Gasteiger partial charge in [-0.05, 0) is 12.8 Å². The molecular weight excluding hydrogens is 521 g/mol. The number of rotatable bonds is 27. The predicted molar refractivity (Wildman–Crippen MR) is 155 cm³/mol. The molecule has 0 fully saturated rings. The average molecular weight is 581 g/mol. The van der Waals surface area contributed by atoms with Crippen LogP contribution in [-0.2, 0) is 32.7 Å². The molecule has 0 saturated heterocycles. The summed E-state index contributed by atoms with van der Waals surface area (Å²) >= 11 is 0. The Labute approximate surface area is 238 Å². The number of quaternary nitrogens is 1. The summed E-state index contributed by atoms with van der Waals surface area (Å²) in [6.07, 6.45) is 16.4. The Hall–Kier alpha value is -0.990. The van der Waals surface area contributed by atoms with E-state index in [9.17, 15) is 19.0 Å². The number of carbonyl (C=O) groups excluding carboxylic acids is 2. The highest BCUT2D eigenvalue weighted by molar-refractivity contribution is 7.47. The summed E-state index contributed by atoms with van der Waals surface area (Å²) in [5.74, 6) is -0.818. The van der Waals surface area contributed by atoms with Crippen molar-refractivity contribution in [3.63, 3.8) is 0 Å². The lowest BCUT2D eigenvalue weighted by molar-refractivity contribution is -0.870. The number of unbranched alkanes of at least 4 members (excludes halogenated alkanes) is 13. The van der Waals surface area contributed by atoms with E-state index in [1.807, 2.05) is 21.1 Å². The molecule has 0 saturated carbocycles. The fourth-order valence-corrected chi connectivity index (χ4v) is 4.63. The van der Waals surface area contributed by atoms with Crippen molar-refractivity contribution >= 4 is 19.8 Å². The Balaban J connectivity index is 4.40. The molecule has 232 valence electrons. The van der Waals surface area contributed by atoms with Crippen LogP contribution in [0.4, 0.5) is 0 Å². The van der Waals surface area contributed by atoms with Crippen LogP contribution < -0.4 is 0 Å². The molecule has 0 aromatic rings. The molecule has 0 heterocycles. The molecule has 0 amide bonds. The second-order valence-corrected chi connectivity index (χ2v) is 13.0. The quantitative estimate of drug-likeness (QED) is 0.0481. The number of phosphoric acid groups is 1. The number of ether oxygens (including phenoxy) is 2. The van der Waals surface area contributed by atoms with Gasteiger partial charge in [0.15, 0.2) is 6.10 Å². The standard InChI is InChI=1S/C29H58NO8P/c1-6-8-10-12-13-14-15-16-17-18-20-21-28(31)35-25-27(38-29(32)22-19-11-9-7-2)26-37-39(33,34)36-24-23-30(3,4)5/h27H,6-26H2,1-5H3/p+1/t27-/m1/s1.